The largest absolute Gasteiger partial charge is 0.508 e. The molecule has 0 aromatic rings. The van der Waals surface area contributed by atoms with Crippen molar-refractivity contribution in [3.63, 3.8) is 0 Å². The quantitative estimate of drug-likeness (QED) is 0.0377. The van der Waals surface area contributed by atoms with Gasteiger partial charge >= 0.3 is 12.1 Å². The first-order chi connectivity index (χ1) is 32.5. The SMILES string of the molecule is CCCCCCCCC(CCCCCC)C(=O)OCCCCCCN(CCCCN)CCCCCCOC(=O)O[C@H]1CC[C@@]2(C)C(=CC[C@H]3[C@@H]4CC[C@H]([C@H](C)CCCC(C)C)[C@@]4(C)CC[C@@H]32)C1. The molecule has 3 saturated carbocycles. The Morgan fingerprint density at radius 1 is 0.657 bits per heavy atom. The molecular formula is C60H110N2O5. The molecule has 0 radical (unpaired) electrons. The number of carbonyl (C=O) groups is 2. The van der Waals surface area contributed by atoms with Crippen LogP contribution in [-0.2, 0) is 19.0 Å². The van der Waals surface area contributed by atoms with Crippen molar-refractivity contribution < 1.29 is 23.8 Å². The van der Waals surface area contributed by atoms with Crippen LogP contribution in [0.15, 0.2) is 11.6 Å². The molecule has 9 atom stereocenters. The summed E-state index contributed by atoms with van der Waals surface area (Å²) in [6.45, 7) is 22.2. The van der Waals surface area contributed by atoms with Crippen LogP contribution in [0.4, 0.5) is 4.79 Å². The first kappa shape index (κ1) is 58.0. The van der Waals surface area contributed by atoms with E-state index in [4.69, 9.17) is 19.9 Å². The molecule has 390 valence electrons. The minimum absolute atomic E-state index is 0.0511. The average molecular weight is 940 g/mol. The van der Waals surface area contributed by atoms with Crippen LogP contribution in [0.3, 0.4) is 0 Å². The molecule has 0 aliphatic heterocycles. The molecular weight excluding hydrogens is 829 g/mol. The Morgan fingerprint density at radius 2 is 1.25 bits per heavy atom. The first-order valence-corrected chi connectivity index (χ1v) is 29.6. The Labute approximate surface area is 414 Å². The van der Waals surface area contributed by atoms with Crippen LogP contribution < -0.4 is 5.73 Å². The van der Waals surface area contributed by atoms with Crippen molar-refractivity contribution in [2.45, 2.75) is 266 Å². The number of hydrogen-bond donors (Lipinski definition) is 1. The first-order valence-electron chi connectivity index (χ1n) is 29.6. The van der Waals surface area contributed by atoms with E-state index in [1.807, 2.05) is 0 Å². The van der Waals surface area contributed by atoms with Crippen molar-refractivity contribution in [3.05, 3.63) is 11.6 Å². The monoisotopic (exact) mass is 939 g/mol. The second-order valence-electron chi connectivity index (χ2n) is 23.8. The predicted molar refractivity (Wildman–Crippen MR) is 282 cm³/mol. The van der Waals surface area contributed by atoms with E-state index < -0.39 is 6.16 Å². The average Bonchev–Trinajstić information content (AvgIpc) is 3.67. The van der Waals surface area contributed by atoms with Crippen LogP contribution in [0.5, 0.6) is 0 Å². The Balaban J connectivity index is 1.07. The van der Waals surface area contributed by atoms with E-state index in [0.717, 1.165) is 158 Å². The highest BCUT2D eigenvalue weighted by atomic mass is 16.7. The molecule has 0 aromatic carbocycles. The van der Waals surface area contributed by atoms with Crippen molar-refractivity contribution in [1.29, 1.82) is 0 Å². The number of ether oxygens (including phenoxy) is 3. The minimum atomic E-state index is -0.467. The van der Waals surface area contributed by atoms with Crippen LogP contribution >= 0.6 is 0 Å². The van der Waals surface area contributed by atoms with Gasteiger partial charge in [0.2, 0.25) is 0 Å². The lowest BCUT2D eigenvalue weighted by Crippen LogP contribution is -2.51. The van der Waals surface area contributed by atoms with Gasteiger partial charge in [0.25, 0.3) is 0 Å². The van der Waals surface area contributed by atoms with Crippen molar-refractivity contribution in [1.82, 2.24) is 4.90 Å². The maximum atomic E-state index is 13.0. The number of unbranched alkanes of at least 4 members (excludes halogenated alkanes) is 15. The lowest BCUT2D eigenvalue weighted by molar-refractivity contribution is -0.149. The molecule has 2 N–H and O–H groups in total. The maximum Gasteiger partial charge on any atom is 0.508 e. The number of fused-ring (bicyclic) bond motifs is 5. The second-order valence-corrected chi connectivity index (χ2v) is 23.8. The van der Waals surface area contributed by atoms with Gasteiger partial charge in [-0.15, -0.1) is 0 Å². The fraction of sp³-hybridized carbons (Fsp3) is 0.933. The molecule has 7 nitrogen and oxygen atoms in total. The zero-order valence-electron chi connectivity index (χ0n) is 45.3. The number of esters is 1. The molecule has 67 heavy (non-hydrogen) atoms. The third-order valence-corrected chi connectivity index (χ3v) is 18.3. The highest BCUT2D eigenvalue weighted by Crippen LogP contribution is 2.67. The lowest BCUT2D eigenvalue weighted by Gasteiger charge is -2.58. The van der Waals surface area contributed by atoms with Gasteiger partial charge in [-0.1, -0.05) is 169 Å². The van der Waals surface area contributed by atoms with E-state index in [1.54, 1.807) is 5.57 Å². The molecule has 4 rings (SSSR count). The number of nitrogens with zero attached hydrogens (tertiary/aromatic N) is 1. The summed E-state index contributed by atoms with van der Waals surface area (Å²) >= 11 is 0. The summed E-state index contributed by atoms with van der Waals surface area (Å²) in [6, 6.07) is 0. The molecule has 7 heteroatoms. The summed E-state index contributed by atoms with van der Waals surface area (Å²) in [4.78, 5) is 28.6. The molecule has 1 unspecified atom stereocenters. The third kappa shape index (κ3) is 19.5. The fourth-order valence-corrected chi connectivity index (χ4v) is 14.1. The Morgan fingerprint density at radius 3 is 1.91 bits per heavy atom. The number of hydrogen-bond acceptors (Lipinski definition) is 7. The number of rotatable bonds is 37. The molecule has 0 saturated heterocycles. The van der Waals surface area contributed by atoms with Crippen LogP contribution in [0.1, 0.15) is 260 Å². The molecule has 4 aliphatic rings. The van der Waals surface area contributed by atoms with Gasteiger partial charge < -0.3 is 24.8 Å². The van der Waals surface area contributed by atoms with Gasteiger partial charge in [-0.05, 0) is 169 Å². The smallest absolute Gasteiger partial charge is 0.465 e. The van der Waals surface area contributed by atoms with Gasteiger partial charge in [0.1, 0.15) is 6.10 Å². The Kier molecular flexibility index (Phi) is 28.0. The Bertz CT molecular complexity index is 1370. The number of allylic oxidation sites excluding steroid dienone is 1. The molecule has 0 aromatic heterocycles. The van der Waals surface area contributed by atoms with E-state index in [-0.39, 0.29) is 23.4 Å². The highest BCUT2D eigenvalue weighted by molar-refractivity contribution is 5.72. The third-order valence-electron chi connectivity index (χ3n) is 18.3. The van der Waals surface area contributed by atoms with Gasteiger partial charge in [0, 0.05) is 6.42 Å². The summed E-state index contributed by atoms with van der Waals surface area (Å²) in [7, 11) is 0. The molecule has 0 spiro atoms. The second kappa shape index (κ2) is 32.4. The van der Waals surface area contributed by atoms with E-state index in [9.17, 15) is 9.59 Å². The predicted octanol–water partition coefficient (Wildman–Crippen LogP) is 16.6. The topological polar surface area (TPSA) is 91.1 Å². The van der Waals surface area contributed by atoms with Gasteiger partial charge in [-0.2, -0.15) is 0 Å². The normalized spacial score (nSPS) is 26.7. The minimum Gasteiger partial charge on any atom is -0.465 e. The van der Waals surface area contributed by atoms with Crippen molar-refractivity contribution in [2.24, 2.45) is 58.0 Å². The Hall–Kier alpha value is -1.60. The van der Waals surface area contributed by atoms with E-state index in [1.165, 1.54) is 116 Å². The van der Waals surface area contributed by atoms with Gasteiger partial charge in [0.05, 0.1) is 19.1 Å². The molecule has 3 fully saturated rings. The van der Waals surface area contributed by atoms with E-state index >= 15 is 0 Å². The van der Waals surface area contributed by atoms with Crippen LogP contribution in [0.25, 0.3) is 0 Å². The highest BCUT2D eigenvalue weighted by Gasteiger charge is 2.59. The van der Waals surface area contributed by atoms with Crippen LogP contribution in [0.2, 0.25) is 0 Å². The summed E-state index contributed by atoms with van der Waals surface area (Å²) < 4.78 is 17.5. The van der Waals surface area contributed by atoms with Gasteiger partial charge in [0.15, 0.2) is 0 Å². The van der Waals surface area contributed by atoms with Crippen molar-refractivity contribution >= 4 is 12.1 Å². The van der Waals surface area contributed by atoms with E-state index in [2.05, 4.69) is 59.4 Å². The van der Waals surface area contributed by atoms with Gasteiger partial charge in [-0.25, -0.2) is 4.79 Å². The van der Waals surface area contributed by atoms with Crippen LogP contribution in [0, 0.1) is 52.3 Å². The zero-order chi connectivity index (χ0) is 48.3. The lowest BCUT2D eigenvalue weighted by atomic mass is 9.47. The summed E-state index contributed by atoms with van der Waals surface area (Å²) in [5.41, 5.74) is 8.19. The molecule has 4 aliphatic carbocycles. The molecule has 0 amide bonds. The number of carbonyl (C=O) groups excluding carboxylic acids is 2. The van der Waals surface area contributed by atoms with Crippen molar-refractivity contribution in [2.75, 3.05) is 39.4 Å². The fourth-order valence-electron chi connectivity index (χ4n) is 14.1. The molecule has 0 bridgehead atoms. The standard InChI is InChI=1S/C60H110N2O5/c1-8-10-12-14-15-21-32-50(31-20-13-11-9-2)57(63)65-45-26-18-16-23-42-62(44-25-22-41-61)43-24-17-19-27-46-66-58(64)67-52-37-39-59(6)51(47-52)33-34-53-55-36-35-54(49(5)30-28-29-48(3)4)60(55,7)40-38-56(53)59/h33,48-50,52-56H,8-32,34-47,61H2,1-7H3/t49-,50?,52+,53+,54-,55+,56+,59+,60-/m1/s1. The summed E-state index contributed by atoms with van der Waals surface area (Å²) in [5.74, 6) is 5.19. The maximum absolute atomic E-state index is 13.0. The summed E-state index contributed by atoms with van der Waals surface area (Å²) in [5, 5.41) is 0. The molecule has 0 heterocycles. The van der Waals surface area contributed by atoms with Crippen molar-refractivity contribution in [3.8, 4) is 0 Å². The van der Waals surface area contributed by atoms with E-state index in [0.29, 0.717) is 18.6 Å². The zero-order valence-corrected chi connectivity index (χ0v) is 45.3. The number of nitrogens with two attached hydrogens (primary N) is 1. The van der Waals surface area contributed by atoms with Crippen LogP contribution in [-0.4, -0.2) is 62.5 Å². The van der Waals surface area contributed by atoms with Gasteiger partial charge in [-0.3, -0.25) is 4.79 Å². The summed E-state index contributed by atoms with van der Waals surface area (Å²) in [6.07, 6.45) is 41.5.